The van der Waals surface area contributed by atoms with Gasteiger partial charge in [-0.15, -0.1) is 24.0 Å². The van der Waals surface area contributed by atoms with E-state index in [-0.39, 0.29) is 29.8 Å². The fraction of sp³-hybridized carbons (Fsp3) is 0.444. The van der Waals surface area contributed by atoms with Crippen LogP contribution in [0.5, 0.6) is 0 Å². The van der Waals surface area contributed by atoms with Gasteiger partial charge in [-0.3, -0.25) is 4.68 Å². The number of thioether (sulfide) groups is 1. The van der Waals surface area contributed by atoms with Crippen LogP contribution in [-0.2, 0) is 18.8 Å². The standard InChI is InChI=1S/C18H26FN5S.HI/c1-4-20-18(21-7-8-24-12-14(2)10-23-24)22-11-15-5-6-17(19)9-16(15)13-25-3;/h5-6,9-10,12H,4,7-8,11,13H2,1-3H3,(H2,20,21,22);1H. The van der Waals surface area contributed by atoms with Crippen LogP contribution >= 0.6 is 35.7 Å². The van der Waals surface area contributed by atoms with E-state index in [9.17, 15) is 4.39 Å². The van der Waals surface area contributed by atoms with Crippen molar-refractivity contribution in [1.29, 1.82) is 0 Å². The van der Waals surface area contributed by atoms with Gasteiger partial charge >= 0.3 is 0 Å². The lowest BCUT2D eigenvalue weighted by Crippen LogP contribution is -2.38. The van der Waals surface area contributed by atoms with Crippen molar-refractivity contribution in [3.8, 4) is 0 Å². The Morgan fingerprint density at radius 1 is 1.31 bits per heavy atom. The SMILES string of the molecule is CCNC(=NCc1ccc(F)cc1CSC)NCCn1cc(C)cn1.I. The van der Waals surface area contributed by atoms with E-state index in [1.54, 1.807) is 17.8 Å². The van der Waals surface area contributed by atoms with Crippen LogP contribution in [0.4, 0.5) is 4.39 Å². The molecule has 0 atom stereocenters. The summed E-state index contributed by atoms with van der Waals surface area (Å²) < 4.78 is 15.3. The zero-order valence-electron chi connectivity index (χ0n) is 15.5. The number of aromatic nitrogens is 2. The predicted molar refractivity (Wildman–Crippen MR) is 119 cm³/mol. The minimum absolute atomic E-state index is 0. The van der Waals surface area contributed by atoms with E-state index < -0.39 is 0 Å². The van der Waals surface area contributed by atoms with Gasteiger partial charge in [-0.05, 0) is 48.9 Å². The summed E-state index contributed by atoms with van der Waals surface area (Å²) in [5.41, 5.74) is 3.20. The highest BCUT2D eigenvalue weighted by Crippen LogP contribution is 2.17. The Bertz CT molecular complexity index is 705. The number of nitrogens with zero attached hydrogens (tertiary/aromatic N) is 3. The topological polar surface area (TPSA) is 54.2 Å². The smallest absolute Gasteiger partial charge is 0.191 e. The van der Waals surface area contributed by atoms with Crippen molar-refractivity contribution >= 4 is 41.7 Å². The molecule has 1 aromatic carbocycles. The maximum absolute atomic E-state index is 13.4. The molecule has 8 heteroatoms. The van der Waals surface area contributed by atoms with Crippen LogP contribution in [0.15, 0.2) is 35.6 Å². The second-order valence-corrected chi connectivity index (χ2v) is 6.61. The monoisotopic (exact) mass is 491 g/mol. The van der Waals surface area contributed by atoms with Crippen LogP contribution in [0.3, 0.4) is 0 Å². The molecule has 0 aliphatic heterocycles. The summed E-state index contributed by atoms with van der Waals surface area (Å²) in [7, 11) is 0. The molecule has 5 nitrogen and oxygen atoms in total. The molecule has 0 fully saturated rings. The first-order valence-corrected chi connectivity index (χ1v) is 9.79. The number of guanidine groups is 1. The van der Waals surface area contributed by atoms with Crippen LogP contribution in [0.2, 0.25) is 0 Å². The lowest BCUT2D eigenvalue weighted by molar-refractivity contribution is 0.597. The fourth-order valence-corrected chi connectivity index (χ4v) is 3.00. The predicted octanol–water partition coefficient (Wildman–Crippen LogP) is 3.57. The van der Waals surface area contributed by atoms with Gasteiger partial charge in [0.1, 0.15) is 5.82 Å². The Morgan fingerprint density at radius 3 is 2.77 bits per heavy atom. The number of hydrogen-bond donors (Lipinski definition) is 2. The number of benzene rings is 1. The Hall–Kier alpha value is -1.29. The summed E-state index contributed by atoms with van der Waals surface area (Å²) in [6, 6.07) is 4.91. The maximum atomic E-state index is 13.4. The number of aryl methyl sites for hydroxylation is 1. The molecular weight excluding hydrogens is 464 g/mol. The van der Waals surface area contributed by atoms with Crippen molar-refractivity contribution in [2.24, 2.45) is 4.99 Å². The minimum Gasteiger partial charge on any atom is -0.357 e. The number of halogens is 2. The van der Waals surface area contributed by atoms with Gasteiger partial charge in [0, 0.05) is 25.0 Å². The highest BCUT2D eigenvalue weighted by Gasteiger charge is 2.05. The van der Waals surface area contributed by atoms with Crippen molar-refractivity contribution < 1.29 is 4.39 Å². The third-order valence-corrected chi connectivity index (χ3v) is 4.22. The zero-order valence-corrected chi connectivity index (χ0v) is 18.6. The van der Waals surface area contributed by atoms with Crippen LogP contribution < -0.4 is 10.6 Å². The summed E-state index contributed by atoms with van der Waals surface area (Å²) in [5, 5.41) is 10.8. The van der Waals surface area contributed by atoms with Gasteiger partial charge in [-0.2, -0.15) is 16.9 Å². The summed E-state index contributed by atoms with van der Waals surface area (Å²) >= 11 is 1.68. The molecule has 1 heterocycles. The second-order valence-electron chi connectivity index (χ2n) is 5.75. The van der Waals surface area contributed by atoms with Gasteiger partial charge in [0.05, 0.1) is 19.3 Å². The van der Waals surface area contributed by atoms with Crippen LogP contribution in [0.25, 0.3) is 0 Å². The van der Waals surface area contributed by atoms with E-state index >= 15 is 0 Å². The summed E-state index contributed by atoms with van der Waals surface area (Å²) in [4.78, 5) is 4.63. The second kappa shape index (κ2) is 12.2. The Kier molecular flexibility index (Phi) is 10.6. The largest absolute Gasteiger partial charge is 0.357 e. The van der Waals surface area contributed by atoms with E-state index in [2.05, 4.69) is 20.7 Å². The first kappa shape index (κ1) is 22.8. The summed E-state index contributed by atoms with van der Waals surface area (Å²) in [6.07, 6.45) is 5.88. The Balaban J connectivity index is 0.00000338. The molecule has 0 unspecified atom stereocenters. The van der Waals surface area contributed by atoms with Gasteiger partial charge in [-0.1, -0.05) is 6.07 Å². The molecule has 0 saturated heterocycles. The van der Waals surface area contributed by atoms with Gasteiger partial charge in [0.2, 0.25) is 0 Å². The molecular formula is C18H27FIN5S. The van der Waals surface area contributed by atoms with Gasteiger partial charge < -0.3 is 10.6 Å². The molecule has 2 N–H and O–H groups in total. The zero-order chi connectivity index (χ0) is 18.1. The van der Waals surface area contributed by atoms with Gasteiger partial charge in [0.15, 0.2) is 5.96 Å². The molecule has 0 saturated carbocycles. The number of nitrogens with one attached hydrogen (secondary N) is 2. The third kappa shape index (κ3) is 7.53. The van der Waals surface area contributed by atoms with E-state index in [0.717, 1.165) is 48.0 Å². The number of rotatable bonds is 8. The minimum atomic E-state index is -0.198. The molecule has 1 aromatic heterocycles. The summed E-state index contributed by atoms with van der Waals surface area (Å²) in [6.45, 7) is 6.86. The molecule has 2 rings (SSSR count). The van der Waals surface area contributed by atoms with Crippen LogP contribution in [0.1, 0.15) is 23.6 Å². The molecule has 2 aromatic rings. The first-order valence-electron chi connectivity index (χ1n) is 8.40. The normalized spacial score (nSPS) is 11.2. The molecule has 144 valence electrons. The van der Waals surface area contributed by atoms with Crippen molar-refractivity contribution in [1.82, 2.24) is 20.4 Å². The van der Waals surface area contributed by atoms with E-state index in [1.165, 1.54) is 6.07 Å². The Labute approximate surface area is 176 Å². The molecule has 0 amide bonds. The van der Waals surface area contributed by atoms with Gasteiger partial charge in [0.25, 0.3) is 0 Å². The van der Waals surface area contributed by atoms with E-state index in [0.29, 0.717) is 6.54 Å². The summed E-state index contributed by atoms with van der Waals surface area (Å²) in [5.74, 6) is 1.34. The maximum Gasteiger partial charge on any atom is 0.191 e. The van der Waals surface area contributed by atoms with Crippen molar-refractivity contribution in [2.45, 2.75) is 32.7 Å². The quantitative estimate of drug-likeness (QED) is 0.337. The first-order chi connectivity index (χ1) is 12.1. The molecule has 0 aliphatic carbocycles. The molecule has 26 heavy (non-hydrogen) atoms. The highest BCUT2D eigenvalue weighted by atomic mass is 127. The van der Waals surface area contributed by atoms with Crippen LogP contribution in [-0.4, -0.2) is 35.1 Å². The van der Waals surface area contributed by atoms with Crippen molar-refractivity contribution in [2.75, 3.05) is 19.3 Å². The van der Waals surface area contributed by atoms with E-state index in [4.69, 9.17) is 0 Å². The lowest BCUT2D eigenvalue weighted by Gasteiger charge is -2.12. The van der Waals surface area contributed by atoms with Crippen LogP contribution in [0, 0.1) is 12.7 Å². The van der Waals surface area contributed by atoms with Crippen molar-refractivity contribution in [3.05, 3.63) is 53.1 Å². The molecule has 0 aliphatic rings. The third-order valence-electron chi connectivity index (χ3n) is 3.62. The number of aliphatic imine (C=N–C) groups is 1. The molecule has 0 radical (unpaired) electrons. The number of hydrogen-bond acceptors (Lipinski definition) is 3. The molecule has 0 bridgehead atoms. The fourth-order valence-electron chi connectivity index (χ4n) is 2.42. The average molecular weight is 491 g/mol. The Morgan fingerprint density at radius 2 is 2.12 bits per heavy atom. The highest BCUT2D eigenvalue weighted by molar-refractivity contribution is 14.0. The molecule has 0 spiro atoms. The van der Waals surface area contributed by atoms with Crippen molar-refractivity contribution in [3.63, 3.8) is 0 Å². The lowest BCUT2D eigenvalue weighted by atomic mass is 10.1. The average Bonchev–Trinajstić information content (AvgIpc) is 2.99. The van der Waals surface area contributed by atoms with Gasteiger partial charge in [-0.25, -0.2) is 9.38 Å². The van der Waals surface area contributed by atoms with E-state index in [1.807, 2.05) is 43.2 Å².